The number of amides is 2. The summed E-state index contributed by atoms with van der Waals surface area (Å²) >= 11 is 0. The first-order chi connectivity index (χ1) is 32.4. The Bertz CT molecular complexity index is 1670. The van der Waals surface area contributed by atoms with Gasteiger partial charge in [0.15, 0.2) is 0 Å². The van der Waals surface area contributed by atoms with E-state index in [0.717, 1.165) is 16.7 Å². The quantitative estimate of drug-likeness (QED) is 0.0639. The van der Waals surface area contributed by atoms with Gasteiger partial charge in [0.2, 0.25) is 0 Å². The van der Waals surface area contributed by atoms with E-state index in [4.69, 9.17) is 67.8 Å². The number of nitrogens with zero attached hydrogens (tertiary/aromatic N) is 4. The van der Waals surface area contributed by atoms with Crippen molar-refractivity contribution in [2.45, 2.75) is 26.2 Å². The number of aromatic nitrogens is 2. The van der Waals surface area contributed by atoms with E-state index in [1.807, 2.05) is 25.1 Å². The van der Waals surface area contributed by atoms with Crippen molar-refractivity contribution in [2.24, 2.45) is 10.7 Å². The van der Waals surface area contributed by atoms with Gasteiger partial charge in [-0.25, -0.2) is 24.8 Å². The molecule has 4 N–H and O–H groups in total. The van der Waals surface area contributed by atoms with Gasteiger partial charge >= 0.3 is 12.1 Å². The predicted molar refractivity (Wildman–Crippen MR) is 239 cm³/mol. The first-order valence-corrected chi connectivity index (χ1v) is 22.1. The van der Waals surface area contributed by atoms with Gasteiger partial charge in [0.05, 0.1) is 151 Å². The number of alkyl carbamates (subject to hydrolysis) is 1. The summed E-state index contributed by atoms with van der Waals surface area (Å²) in [6.45, 7) is 10.5. The van der Waals surface area contributed by atoms with Crippen LogP contribution in [-0.4, -0.2) is 202 Å². The maximum absolute atomic E-state index is 13.5. The van der Waals surface area contributed by atoms with Crippen molar-refractivity contribution < 1.29 is 76.4 Å². The van der Waals surface area contributed by atoms with Gasteiger partial charge in [-0.15, -0.1) is 0 Å². The number of ether oxygens (including phenoxy) is 11. The standard InChI is InChI=1S/C44H68N6O16/c1-2-7-50(43(53)38-30-37-4-3-36(39-33-46-35-47-34-39)31-40(37)49-41(45)32-38)66-9-6-48-44(54)65-29-28-64-27-26-63-25-24-62-23-22-61-21-20-60-19-18-59-17-16-58-15-14-57-13-12-56-11-10-55-8-5-42(51)52/h3-4,30-31,33-35H,2,5-29,32H2,1H3,(H2,45,49)(H,48,54)(H,51,52). The van der Waals surface area contributed by atoms with Crippen molar-refractivity contribution in [3.63, 3.8) is 0 Å². The van der Waals surface area contributed by atoms with Gasteiger partial charge in [0, 0.05) is 48.6 Å². The first kappa shape index (κ1) is 55.6. The number of aliphatic imine (C=N–C) groups is 1. The van der Waals surface area contributed by atoms with E-state index in [2.05, 4.69) is 20.3 Å². The molecule has 0 radical (unpaired) electrons. The lowest BCUT2D eigenvalue weighted by Gasteiger charge is -2.22. The molecule has 0 atom stereocenters. The minimum absolute atomic E-state index is 0.0153. The number of amidine groups is 1. The molecule has 0 aliphatic carbocycles. The number of carboxylic acids is 1. The second kappa shape index (κ2) is 37.4. The van der Waals surface area contributed by atoms with E-state index in [0.29, 0.717) is 149 Å². The second-order valence-corrected chi connectivity index (χ2v) is 13.9. The third-order valence-electron chi connectivity index (χ3n) is 8.71. The highest BCUT2D eigenvalue weighted by atomic mass is 16.7. The van der Waals surface area contributed by atoms with E-state index in [9.17, 15) is 14.4 Å². The molecule has 0 fully saturated rings. The first-order valence-electron chi connectivity index (χ1n) is 22.1. The van der Waals surface area contributed by atoms with Crippen LogP contribution in [0.3, 0.4) is 0 Å². The number of aliphatic carboxylic acids is 1. The largest absolute Gasteiger partial charge is 0.481 e. The second-order valence-electron chi connectivity index (χ2n) is 13.9. The predicted octanol–water partition coefficient (Wildman–Crippen LogP) is 2.46. The Balaban J connectivity index is 1.05. The van der Waals surface area contributed by atoms with Crippen molar-refractivity contribution in [3.8, 4) is 11.1 Å². The smallest absolute Gasteiger partial charge is 0.407 e. The molecule has 370 valence electrons. The summed E-state index contributed by atoms with van der Waals surface area (Å²) in [5, 5.41) is 12.4. The molecular formula is C44H68N6O16. The minimum atomic E-state index is -0.885. The van der Waals surface area contributed by atoms with Crippen LogP contribution in [0.15, 0.2) is 47.5 Å². The molecule has 1 aliphatic rings. The van der Waals surface area contributed by atoms with Crippen molar-refractivity contribution in [2.75, 3.05) is 158 Å². The summed E-state index contributed by atoms with van der Waals surface area (Å²) in [4.78, 5) is 54.5. The van der Waals surface area contributed by atoms with Crippen LogP contribution in [0.2, 0.25) is 0 Å². The Kier molecular flexibility index (Phi) is 31.5. The van der Waals surface area contributed by atoms with Crippen molar-refractivity contribution in [1.29, 1.82) is 0 Å². The van der Waals surface area contributed by atoms with Gasteiger partial charge in [0.1, 0.15) is 18.8 Å². The van der Waals surface area contributed by atoms with Crippen LogP contribution in [0.5, 0.6) is 0 Å². The average Bonchev–Trinajstić information content (AvgIpc) is 3.49. The number of benzene rings is 1. The number of nitrogens with two attached hydrogens (primary N) is 1. The number of nitrogens with one attached hydrogen (secondary N) is 1. The molecule has 0 spiro atoms. The third kappa shape index (κ3) is 27.0. The number of carboxylic acid groups (broad SMARTS) is 1. The fourth-order valence-corrected chi connectivity index (χ4v) is 5.54. The van der Waals surface area contributed by atoms with Crippen LogP contribution in [0.25, 0.3) is 17.2 Å². The van der Waals surface area contributed by atoms with Crippen LogP contribution in [0.1, 0.15) is 31.7 Å². The number of hydrogen-bond donors (Lipinski definition) is 3. The fraction of sp³-hybridized carbons (Fsp3) is 0.636. The molecule has 1 aromatic heterocycles. The maximum atomic E-state index is 13.5. The van der Waals surface area contributed by atoms with E-state index in [1.165, 1.54) is 11.4 Å². The SMILES string of the molecule is CCCN(OCCNC(=O)OCCOCCOCCOCCOCCOCCOCCOCCOCCOCCOCCC(=O)O)C(=O)C1=Cc2ccc(-c3cncnc3)cc2N=C(N)C1. The molecule has 2 heterocycles. The molecule has 0 saturated heterocycles. The topological polar surface area (TPSA) is 262 Å². The Morgan fingerprint density at radius 2 is 1.12 bits per heavy atom. The summed E-state index contributed by atoms with van der Waals surface area (Å²) in [5.41, 5.74) is 9.75. The number of rotatable bonds is 41. The highest BCUT2D eigenvalue weighted by Gasteiger charge is 2.22. The van der Waals surface area contributed by atoms with Crippen molar-refractivity contribution >= 4 is 35.6 Å². The zero-order chi connectivity index (χ0) is 47.1. The van der Waals surface area contributed by atoms with E-state index in [-0.39, 0.29) is 51.7 Å². The number of carbonyl (C=O) groups excluding carboxylic acids is 2. The number of hydrogen-bond acceptors (Lipinski definition) is 19. The van der Waals surface area contributed by atoms with Gasteiger partial charge in [-0.1, -0.05) is 19.1 Å². The molecule has 1 aliphatic heterocycles. The molecule has 0 bridgehead atoms. The number of hydroxylamine groups is 2. The van der Waals surface area contributed by atoms with Crippen LogP contribution < -0.4 is 11.1 Å². The zero-order valence-corrected chi connectivity index (χ0v) is 38.1. The average molecular weight is 937 g/mol. The van der Waals surface area contributed by atoms with Gasteiger partial charge in [0.25, 0.3) is 5.91 Å². The number of fused-ring (bicyclic) bond motifs is 1. The third-order valence-corrected chi connectivity index (χ3v) is 8.71. The lowest BCUT2D eigenvalue weighted by molar-refractivity contribution is -0.181. The van der Waals surface area contributed by atoms with Crippen molar-refractivity contribution in [3.05, 3.63) is 48.1 Å². The Hall–Kier alpha value is -4.72. The van der Waals surface area contributed by atoms with Crippen LogP contribution in [-0.2, 0) is 66.5 Å². The molecule has 22 heteroatoms. The summed E-state index contributed by atoms with van der Waals surface area (Å²) in [5.74, 6) is -0.920. The highest BCUT2D eigenvalue weighted by Crippen LogP contribution is 2.31. The van der Waals surface area contributed by atoms with Crippen LogP contribution in [0.4, 0.5) is 10.5 Å². The molecule has 0 unspecified atom stereocenters. The molecule has 22 nitrogen and oxygen atoms in total. The summed E-state index contributed by atoms with van der Waals surface area (Å²) < 4.78 is 59.3. The van der Waals surface area contributed by atoms with E-state index in [1.54, 1.807) is 18.5 Å². The zero-order valence-electron chi connectivity index (χ0n) is 38.1. The Morgan fingerprint density at radius 3 is 1.59 bits per heavy atom. The Morgan fingerprint density at radius 1 is 0.652 bits per heavy atom. The van der Waals surface area contributed by atoms with Crippen molar-refractivity contribution in [1.82, 2.24) is 20.3 Å². The van der Waals surface area contributed by atoms with E-state index < -0.39 is 12.1 Å². The van der Waals surface area contributed by atoms with Gasteiger partial charge in [-0.3, -0.25) is 14.4 Å². The van der Waals surface area contributed by atoms with E-state index >= 15 is 0 Å². The maximum Gasteiger partial charge on any atom is 0.407 e. The molecule has 3 rings (SSSR count). The summed E-state index contributed by atoms with van der Waals surface area (Å²) in [6.07, 6.45) is 6.82. The lowest BCUT2D eigenvalue weighted by Crippen LogP contribution is -2.37. The Labute approximate surface area is 386 Å². The molecule has 1 aromatic carbocycles. The molecule has 2 aromatic rings. The summed E-state index contributed by atoms with van der Waals surface area (Å²) in [6, 6.07) is 5.68. The van der Waals surface area contributed by atoms with Gasteiger partial charge in [-0.05, 0) is 24.1 Å². The van der Waals surface area contributed by atoms with Gasteiger partial charge in [-0.2, -0.15) is 0 Å². The lowest BCUT2D eigenvalue weighted by atomic mass is 10.0. The molecule has 66 heavy (non-hydrogen) atoms. The fourth-order valence-electron chi connectivity index (χ4n) is 5.54. The normalized spacial score (nSPS) is 12.3. The van der Waals surface area contributed by atoms with Crippen LogP contribution >= 0.6 is 0 Å². The number of carbonyl (C=O) groups is 3. The highest BCUT2D eigenvalue weighted by molar-refractivity contribution is 6.05. The van der Waals surface area contributed by atoms with Gasteiger partial charge < -0.3 is 68.3 Å². The molecule has 0 saturated carbocycles. The molecule has 2 amide bonds. The monoisotopic (exact) mass is 936 g/mol. The minimum Gasteiger partial charge on any atom is -0.481 e. The van der Waals surface area contributed by atoms with Crippen LogP contribution in [0, 0.1) is 0 Å². The molecular weight excluding hydrogens is 869 g/mol. The summed E-state index contributed by atoms with van der Waals surface area (Å²) in [7, 11) is 0.